The average Bonchev–Trinajstić information content (AvgIpc) is 2.82. The van der Waals surface area contributed by atoms with Gasteiger partial charge in [0.25, 0.3) is 0 Å². The largest absolute Gasteiger partial charge is 0.511 e. The summed E-state index contributed by atoms with van der Waals surface area (Å²) in [5, 5.41) is 9.82. The predicted molar refractivity (Wildman–Crippen MR) is 50.4 cm³/mol. The van der Waals surface area contributed by atoms with Gasteiger partial charge in [0.1, 0.15) is 5.76 Å². The van der Waals surface area contributed by atoms with Crippen LogP contribution in [0.1, 0.15) is 39.5 Å². The molecule has 0 aromatic rings. The standard InChI is InChI=1S/C11H16O2/c1-11(2)6-5-8(10(11)13)9(12)7-3-4-7/h7,13H,3-6H2,1-2H3. The first kappa shape index (κ1) is 8.79. The van der Waals surface area contributed by atoms with Crippen LogP contribution in [0.2, 0.25) is 0 Å². The Hall–Kier alpha value is -0.790. The Morgan fingerprint density at radius 3 is 2.46 bits per heavy atom. The van der Waals surface area contributed by atoms with Crippen LogP contribution in [0, 0.1) is 11.3 Å². The van der Waals surface area contributed by atoms with Crippen molar-refractivity contribution in [3.05, 3.63) is 11.3 Å². The monoisotopic (exact) mass is 180 g/mol. The number of Topliss-reactive ketones (excluding diaryl/α,β-unsaturated/α-hetero) is 1. The third-order valence-electron chi connectivity index (χ3n) is 3.17. The van der Waals surface area contributed by atoms with Crippen molar-refractivity contribution in [2.24, 2.45) is 11.3 Å². The molecular weight excluding hydrogens is 164 g/mol. The van der Waals surface area contributed by atoms with Crippen molar-refractivity contribution in [3.8, 4) is 0 Å². The molecule has 13 heavy (non-hydrogen) atoms. The smallest absolute Gasteiger partial charge is 0.165 e. The summed E-state index contributed by atoms with van der Waals surface area (Å²) in [7, 11) is 0. The van der Waals surface area contributed by atoms with Gasteiger partial charge in [-0.15, -0.1) is 0 Å². The minimum absolute atomic E-state index is 0.167. The fourth-order valence-corrected chi connectivity index (χ4v) is 1.91. The molecule has 2 rings (SSSR count). The molecule has 0 unspecified atom stereocenters. The van der Waals surface area contributed by atoms with E-state index in [9.17, 15) is 9.90 Å². The minimum Gasteiger partial charge on any atom is -0.511 e. The minimum atomic E-state index is -0.167. The molecule has 0 aromatic heterocycles. The SMILES string of the molecule is CC1(C)CCC(C(=O)C2CC2)=C1O. The second-order valence-corrected chi connectivity index (χ2v) is 4.85. The number of aliphatic hydroxyl groups is 1. The van der Waals surface area contributed by atoms with E-state index in [1.807, 2.05) is 13.8 Å². The first-order valence-electron chi connectivity index (χ1n) is 4.99. The summed E-state index contributed by atoms with van der Waals surface area (Å²) < 4.78 is 0. The lowest BCUT2D eigenvalue weighted by molar-refractivity contribution is -0.116. The highest BCUT2D eigenvalue weighted by Gasteiger charge is 2.40. The molecule has 2 aliphatic carbocycles. The molecule has 0 saturated heterocycles. The van der Waals surface area contributed by atoms with E-state index in [0.717, 1.165) is 25.7 Å². The second kappa shape index (κ2) is 2.60. The van der Waals surface area contributed by atoms with Gasteiger partial charge in [-0.25, -0.2) is 0 Å². The van der Waals surface area contributed by atoms with Crippen LogP contribution in [0.4, 0.5) is 0 Å². The highest BCUT2D eigenvalue weighted by atomic mass is 16.3. The lowest BCUT2D eigenvalue weighted by Gasteiger charge is -2.16. The van der Waals surface area contributed by atoms with Crippen LogP contribution in [0.3, 0.4) is 0 Å². The van der Waals surface area contributed by atoms with Gasteiger partial charge in [-0.3, -0.25) is 4.79 Å². The molecule has 0 heterocycles. The van der Waals surface area contributed by atoms with E-state index in [1.54, 1.807) is 0 Å². The van der Waals surface area contributed by atoms with Crippen molar-refractivity contribution in [2.45, 2.75) is 39.5 Å². The van der Waals surface area contributed by atoms with Gasteiger partial charge in [-0.05, 0) is 25.7 Å². The Balaban J connectivity index is 2.23. The molecule has 72 valence electrons. The van der Waals surface area contributed by atoms with E-state index in [-0.39, 0.29) is 17.1 Å². The number of hydrogen-bond donors (Lipinski definition) is 1. The number of carbonyl (C=O) groups is 1. The van der Waals surface area contributed by atoms with Gasteiger partial charge in [0, 0.05) is 16.9 Å². The number of carbonyl (C=O) groups excluding carboxylic acids is 1. The van der Waals surface area contributed by atoms with Crippen LogP contribution in [0.25, 0.3) is 0 Å². The number of aliphatic hydroxyl groups excluding tert-OH is 1. The maximum atomic E-state index is 11.7. The van der Waals surface area contributed by atoms with E-state index in [0.29, 0.717) is 11.3 Å². The fourth-order valence-electron chi connectivity index (χ4n) is 1.91. The third kappa shape index (κ3) is 1.38. The van der Waals surface area contributed by atoms with E-state index >= 15 is 0 Å². The maximum absolute atomic E-state index is 11.7. The van der Waals surface area contributed by atoms with Gasteiger partial charge >= 0.3 is 0 Å². The van der Waals surface area contributed by atoms with Crippen molar-refractivity contribution in [1.82, 2.24) is 0 Å². The number of allylic oxidation sites excluding steroid dienone is 2. The average molecular weight is 180 g/mol. The van der Waals surface area contributed by atoms with Crippen LogP contribution in [0.5, 0.6) is 0 Å². The molecule has 0 atom stereocenters. The summed E-state index contributed by atoms with van der Waals surface area (Å²) in [4.78, 5) is 11.7. The predicted octanol–water partition coefficient (Wildman–Crippen LogP) is 2.60. The first-order chi connectivity index (χ1) is 6.02. The first-order valence-corrected chi connectivity index (χ1v) is 4.99. The molecule has 0 bridgehead atoms. The molecule has 2 nitrogen and oxygen atoms in total. The topological polar surface area (TPSA) is 37.3 Å². The van der Waals surface area contributed by atoms with Crippen molar-refractivity contribution >= 4 is 5.78 Å². The zero-order chi connectivity index (χ0) is 9.64. The van der Waals surface area contributed by atoms with Crippen LogP contribution in [0.15, 0.2) is 11.3 Å². The van der Waals surface area contributed by atoms with Crippen molar-refractivity contribution < 1.29 is 9.90 Å². The Labute approximate surface area is 78.6 Å². The normalized spacial score (nSPS) is 26.6. The van der Waals surface area contributed by atoms with Gasteiger partial charge in [0.2, 0.25) is 0 Å². The molecule has 0 spiro atoms. The second-order valence-electron chi connectivity index (χ2n) is 4.85. The lowest BCUT2D eigenvalue weighted by Crippen LogP contribution is -2.11. The van der Waals surface area contributed by atoms with Gasteiger partial charge in [-0.2, -0.15) is 0 Å². The number of rotatable bonds is 2. The van der Waals surface area contributed by atoms with Crippen molar-refractivity contribution in [3.63, 3.8) is 0 Å². The van der Waals surface area contributed by atoms with Crippen LogP contribution in [-0.2, 0) is 4.79 Å². The van der Waals surface area contributed by atoms with Crippen LogP contribution < -0.4 is 0 Å². The Kier molecular flexibility index (Phi) is 1.76. The van der Waals surface area contributed by atoms with Crippen LogP contribution in [-0.4, -0.2) is 10.9 Å². The van der Waals surface area contributed by atoms with Crippen molar-refractivity contribution in [2.75, 3.05) is 0 Å². The molecule has 1 saturated carbocycles. The van der Waals surface area contributed by atoms with Gasteiger partial charge in [-0.1, -0.05) is 13.8 Å². The summed E-state index contributed by atoms with van der Waals surface area (Å²) in [6.45, 7) is 3.99. The molecule has 0 radical (unpaired) electrons. The molecule has 0 amide bonds. The summed E-state index contributed by atoms with van der Waals surface area (Å²) in [5.41, 5.74) is 0.548. The van der Waals surface area contributed by atoms with E-state index in [2.05, 4.69) is 0 Å². The van der Waals surface area contributed by atoms with Gasteiger partial charge in [0.15, 0.2) is 5.78 Å². The molecule has 0 aromatic carbocycles. The Morgan fingerprint density at radius 2 is 2.08 bits per heavy atom. The summed E-state index contributed by atoms with van der Waals surface area (Å²) in [5.74, 6) is 0.804. The lowest BCUT2D eigenvalue weighted by atomic mass is 9.91. The quantitative estimate of drug-likeness (QED) is 0.709. The number of hydrogen-bond acceptors (Lipinski definition) is 2. The molecule has 1 fully saturated rings. The van der Waals surface area contributed by atoms with E-state index < -0.39 is 0 Å². The fraction of sp³-hybridized carbons (Fsp3) is 0.727. The Bertz CT molecular complexity index is 282. The Morgan fingerprint density at radius 1 is 1.46 bits per heavy atom. The maximum Gasteiger partial charge on any atom is 0.165 e. The third-order valence-corrected chi connectivity index (χ3v) is 3.17. The highest BCUT2D eigenvalue weighted by molar-refractivity contribution is 5.99. The molecular formula is C11H16O2. The summed E-state index contributed by atoms with van der Waals surface area (Å²) in [6.07, 6.45) is 3.73. The van der Waals surface area contributed by atoms with Gasteiger partial charge < -0.3 is 5.11 Å². The molecule has 0 aliphatic heterocycles. The molecule has 1 N–H and O–H groups in total. The van der Waals surface area contributed by atoms with E-state index in [4.69, 9.17) is 0 Å². The van der Waals surface area contributed by atoms with Crippen molar-refractivity contribution in [1.29, 1.82) is 0 Å². The van der Waals surface area contributed by atoms with Gasteiger partial charge in [0.05, 0.1) is 0 Å². The van der Waals surface area contributed by atoms with Crippen LogP contribution >= 0.6 is 0 Å². The zero-order valence-corrected chi connectivity index (χ0v) is 8.26. The molecule has 2 heteroatoms. The highest BCUT2D eigenvalue weighted by Crippen LogP contribution is 2.44. The zero-order valence-electron chi connectivity index (χ0n) is 8.26. The summed E-state index contributed by atoms with van der Waals surface area (Å²) in [6, 6.07) is 0. The molecule has 2 aliphatic rings. The van der Waals surface area contributed by atoms with E-state index in [1.165, 1.54) is 0 Å². The summed E-state index contributed by atoms with van der Waals surface area (Å²) >= 11 is 0. The number of ketones is 1.